The number of nitrogens with zero attached hydrogens (tertiary/aromatic N) is 4. The van der Waals surface area contributed by atoms with Crippen LogP contribution < -0.4 is 5.43 Å². The van der Waals surface area contributed by atoms with E-state index in [1.807, 2.05) is 0 Å². The Morgan fingerprint density at radius 2 is 1.70 bits per heavy atom. The second-order valence-electron chi connectivity index (χ2n) is 6.14. The van der Waals surface area contributed by atoms with Crippen molar-refractivity contribution in [3.05, 3.63) is 68.3 Å². The van der Waals surface area contributed by atoms with Gasteiger partial charge in [-0.15, -0.1) is 0 Å². The average Bonchev–Trinajstić information content (AvgIpc) is 2.74. The number of hydrogen-bond donors (Lipinski definition) is 1. The Bertz CT molecular complexity index is 1100. The quantitative estimate of drug-likeness (QED) is 0.393. The maximum Gasteiger partial charge on any atom is 0.295 e. The van der Waals surface area contributed by atoms with Gasteiger partial charge in [-0.1, -0.05) is 12.1 Å². The van der Waals surface area contributed by atoms with Crippen molar-refractivity contribution in [3.8, 4) is 0 Å². The van der Waals surface area contributed by atoms with Gasteiger partial charge in [0.25, 0.3) is 11.4 Å². The van der Waals surface area contributed by atoms with Crippen LogP contribution in [0.25, 0.3) is 0 Å². The maximum absolute atomic E-state index is 12.7. The van der Waals surface area contributed by atoms with Gasteiger partial charge >= 0.3 is 0 Å². The summed E-state index contributed by atoms with van der Waals surface area (Å²) in [5.41, 5.74) is 1.91. The van der Waals surface area contributed by atoms with E-state index in [-0.39, 0.29) is 48.1 Å². The fraction of sp³-hybridized carbons (Fsp3) is 0.235. The minimum absolute atomic E-state index is 0.0595. The maximum atomic E-state index is 12.7. The van der Waals surface area contributed by atoms with Crippen LogP contribution in [0.5, 0.6) is 0 Å². The third-order valence-electron chi connectivity index (χ3n) is 4.30. The lowest BCUT2D eigenvalue weighted by Gasteiger charge is -2.26. The zero-order valence-electron chi connectivity index (χ0n) is 15.5. The number of nitrogens with one attached hydrogen (secondary N) is 1. The Labute approximate surface area is 171 Å². The first-order chi connectivity index (χ1) is 14.3. The number of rotatable bonds is 7. The molecule has 2 aromatic rings. The molecule has 1 fully saturated rings. The lowest BCUT2D eigenvalue weighted by molar-refractivity contribution is -0.385. The second kappa shape index (κ2) is 8.94. The second-order valence-corrected chi connectivity index (χ2v) is 8.08. The van der Waals surface area contributed by atoms with E-state index >= 15 is 0 Å². The third-order valence-corrected chi connectivity index (χ3v) is 6.19. The van der Waals surface area contributed by atoms with Crippen LogP contribution in [0.4, 0.5) is 17.1 Å². The van der Waals surface area contributed by atoms with Crippen molar-refractivity contribution in [3.63, 3.8) is 0 Å². The summed E-state index contributed by atoms with van der Waals surface area (Å²) in [4.78, 5) is 20.9. The molecule has 13 heteroatoms. The monoisotopic (exact) mass is 435 g/mol. The van der Waals surface area contributed by atoms with Crippen LogP contribution in [0, 0.1) is 20.2 Å². The SMILES string of the molecule is O=[N+]([O-])c1ccccc1/C=N\Nc1ccc(S(=O)(=O)N2CCOCC2)cc1[N+](=O)[O-]. The van der Waals surface area contributed by atoms with Gasteiger partial charge < -0.3 is 4.74 Å². The highest BCUT2D eigenvalue weighted by molar-refractivity contribution is 7.89. The molecule has 1 saturated heterocycles. The fourth-order valence-corrected chi connectivity index (χ4v) is 4.22. The normalized spacial score (nSPS) is 15.2. The first-order valence-corrected chi connectivity index (χ1v) is 10.1. The summed E-state index contributed by atoms with van der Waals surface area (Å²) >= 11 is 0. The number of hydrazone groups is 1. The Balaban J connectivity index is 1.86. The van der Waals surface area contributed by atoms with Crippen LogP contribution in [0.3, 0.4) is 0 Å². The Morgan fingerprint density at radius 1 is 1.03 bits per heavy atom. The van der Waals surface area contributed by atoms with Gasteiger partial charge in [-0.05, 0) is 18.2 Å². The van der Waals surface area contributed by atoms with E-state index in [9.17, 15) is 28.6 Å². The minimum atomic E-state index is -3.91. The molecule has 1 N–H and O–H groups in total. The molecule has 3 rings (SSSR count). The van der Waals surface area contributed by atoms with Gasteiger partial charge in [-0.2, -0.15) is 9.41 Å². The summed E-state index contributed by atoms with van der Waals surface area (Å²) in [5, 5.41) is 26.3. The molecule has 1 aliphatic heterocycles. The van der Waals surface area contributed by atoms with Crippen molar-refractivity contribution in [2.75, 3.05) is 31.7 Å². The smallest absolute Gasteiger partial charge is 0.295 e. The van der Waals surface area contributed by atoms with Gasteiger partial charge in [0.1, 0.15) is 5.69 Å². The molecule has 0 atom stereocenters. The van der Waals surface area contributed by atoms with E-state index in [1.165, 1.54) is 34.6 Å². The first kappa shape index (κ1) is 21.3. The zero-order chi connectivity index (χ0) is 21.7. The molecule has 0 spiro atoms. The highest BCUT2D eigenvalue weighted by atomic mass is 32.2. The Hall–Kier alpha value is -3.42. The molecule has 1 heterocycles. The number of ether oxygens (including phenoxy) is 1. The van der Waals surface area contributed by atoms with E-state index in [1.54, 1.807) is 6.07 Å². The topological polar surface area (TPSA) is 157 Å². The van der Waals surface area contributed by atoms with Crippen molar-refractivity contribution in [1.29, 1.82) is 0 Å². The number of sulfonamides is 1. The first-order valence-electron chi connectivity index (χ1n) is 8.69. The number of para-hydroxylation sites is 1. The Morgan fingerprint density at radius 3 is 2.37 bits per heavy atom. The molecular weight excluding hydrogens is 418 g/mol. The molecule has 158 valence electrons. The van der Waals surface area contributed by atoms with Gasteiger partial charge in [0.2, 0.25) is 10.0 Å². The zero-order valence-corrected chi connectivity index (χ0v) is 16.3. The molecule has 0 aliphatic carbocycles. The number of nitro benzene ring substituents is 2. The van der Waals surface area contributed by atoms with Gasteiger partial charge in [0.05, 0.1) is 39.7 Å². The number of benzene rings is 2. The summed E-state index contributed by atoms with van der Waals surface area (Å²) < 4.78 is 31.8. The van der Waals surface area contributed by atoms with Crippen molar-refractivity contribution in [2.45, 2.75) is 4.90 Å². The van der Waals surface area contributed by atoms with E-state index in [2.05, 4.69) is 10.5 Å². The molecule has 0 aromatic heterocycles. The largest absolute Gasteiger partial charge is 0.379 e. The summed E-state index contributed by atoms with van der Waals surface area (Å²) in [7, 11) is -3.91. The van der Waals surface area contributed by atoms with Crippen molar-refractivity contribution in [2.24, 2.45) is 5.10 Å². The third kappa shape index (κ3) is 4.59. The lowest BCUT2D eigenvalue weighted by atomic mass is 10.2. The number of nitro groups is 2. The predicted octanol–water partition coefficient (Wildman–Crippen LogP) is 1.97. The molecule has 0 radical (unpaired) electrons. The standard InChI is InChI=1S/C17H17N5O7S/c23-21(24)16-4-2-1-3-13(16)12-18-19-15-6-5-14(11-17(15)22(25)26)30(27,28)20-7-9-29-10-8-20/h1-6,11-12,19H,7-10H2/b18-12-. The molecule has 1 aliphatic rings. The van der Waals surface area contributed by atoms with Crippen LogP contribution in [0.15, 0.2) is 52.5 Å². The fourth-order valence-electron chi connectivity index (χ4n) is 2.79. The number of anilines is 1. The molecule has 30 heavy (non-hydrogen) atoms. The van der Waals surface area contributed by atoms with Gasteiger partial charge in [-0.25, -0.2) is 8.42 Å². The van der Waals surface area contributed by atoms with Gasteiger partial charge in [0.15, 0.2) is 0 Å². The van der Waals surface area contributed by atoms with E-state index in [4.69, 9.17) is 4.74 Å². The van der Waals surface area contributed by atoms with E-state index in [0.29, 0.717) is 0 Å². The van der Waals surface area contributed by atoms with Crippen LogP contribution in [-0.4, -0.2) is 55.1 Å². The minimum Gasteiger partial charge on any atom is -0.379 e. The summed E-state index contributed by atoms with van der Waals surface area (Å²) in [6.07, 6.45) is 1.15. The molecule has 0 bridgehead atoms. The van der Waals surface area contributed by atoms with Crippen LogP contribution >= 0.6 is 0 Å². The van der Waals surface area contributed by atoms with Gasteiger partial charge in [-0.3, -0.25) is 25.7 Å². The van der Waals surface area contributed by atoms with E-state index in [0.717, 1.165) is 12.3 Å². The van der Waals surface area contributed by atoms with E-state index < -0.39 is 25.6 Å². The average molecular weight is 435 g/mol. The van der Waals surface area contributed by atoms with Crippen LogP contribution in [-0.2, 0) is 14.8 Å². The van der Waals surface area contributed by atoms with Crippen molar-refractivity contribution in [1.82, 2.24) is 4.31 Å². The highest BCUT2D eigenvalue weighted by Crippen LogP contribution is 2.29. The summed E-state index contributed by atoms with van der Waals surface area (Å²) in [6, 6.07) is 9.27. The molecule has 0 amide bonds. The number of morpholine rings is 1. The summed E-state index contributed by atoms with van der Waals surface area (Å²) in [6.45, 7) is 0.829. The van der Waals surface area contributed by atoms with Crippen LogP contribution in [0.1, 0.15) is 5.56 Å². The molecule has 0 saturated carbocycles. The Kier molecular flexibility index (Phi) is 6.34. The highest BCUT2D eigenvalue weighted by Gasteiger charge is 2.28. The van der Waals surface area contributed by atoms with Gasteiger partial charge in [0, 0.05) is 25.2 Å². The predicted molar refractivity (Wildman–Crippen MR) is 107 cm³/mol. The molecule has 2 aromatic carbocycles. The molecular formula is C17H17N5O7S. The van der Waals surface area contributed by atoms with Crippen LogP contribution in [0.2, 0.25) is 0 Å². The van der Waals surface area contributed by atoms with Crippen molar-refractivity contribution < 1.29 is 23.0 Å². The van der Waals surface area contributed by atoms with Crippen molar-refractivity contribution >= 4 is 33.3 Å². The lowest BCUT2D eigenvalue weighted by Crippen LogP contribution is -2.40. The number of hydrogen-bond acceptors (Lipinski definition) is 9. The summed E-state index contributed by atoms with van der Waals surface area (Å²) in [5.74, 6) is 0. The molecule has 12 nitrogen and oxygen atoms in total. The molecule has 0 unspecified atom stereocenters.